The van der Waals surface area contributed by atoms with Crippen LogP contribution in [0, 0.1) is 6.92 Å². The van der Waals surface area contributed by atoms with Crippen LogP contribution in [0.2, 0.25) is 0 Å². The monoisotopic (exact) mass is 369 g/mol. The number of carboxylic acid groups (broad SMARTS) is 1. The summed E-state index contributed by atoms with van der Waals surface area (Å²) in [4.78, 5) is 35.7. The molecular formula is C17H20ClNO4S. The van der Waals surface area contributed by atoms with Crippen molar-refractivity contribution in [3.05, 3.63) is 29.8 Å². The lowest BCUT2D eigenvalue weighted by Crippen LogP contribution is -2.67. The standard InChI is InChI=1S/C17H20ClNO4S/c1-3-4-5-13(20)17(18,16(22)23)19-14(21)10-15(19)24-12-8-6-11(2)7-9-12/h6-9,15H,3-5,10H2,1-2H3,(H,22,23). The zero-order chi connectivity index (χ0) is 17.9. The van der Waals surface area contributed by atoms with Gasteiger partial charge in [0.1, 0.15) is 0 Å². The number of benzene rings is 1. The second kappa shape index (κ2) is 7.57. The Kier molecular flexibility index (Phi) is 5.93. The third-order valence-corrected chi connectivity index (χ3v) is 5.69. The van der Waals surface area contributed by atoms with Crippen LogP contribution in [0.5, 0.6) is 0 Å². The molecule has 0 bridgehead atoms. The maximum atomic E-state index is 12.4. The number of carboxylic acids is 1. The minimum atomic E-state index is -2.31. The Morgan fingerprint density at radius 1 is 1.38 bits per heavy atom. The second-order valence-corrected chi connectivity index (χ2v) is 7.61. The number of hydrogen-bond acceptors (Lipinski definition) is 4. The quantitative estimate of drug-likeness (QED) is 0.329. The minimum absolute atomic E-state index is 0.0397. The number of amides is 1. The summed E-state index contributed by atoms with van der Waals surface area (Å²) in [6.45, 7) is 3.86. The number of halogens is 1. The molecule has 1 N–H and O–H groups in total. The molecule has 2 rings (SSSR count). The van der Waals surface area contributed by atoms with E-state index >= 15 is 0 Å². The van der Waals surface area contributed by atoms with Crippen LogP contribution in [0.15, 0.2) is 29.2 Å². The van der Waals surface area contributed by atoms with Crippen molar-refractivity contribution in [3.63, 3.8) is 0 Å². The van der Waals surface area contributed by atoms with Gasteiger partial charge in [-0.1, -0.05) is 42.6 Å². The number of hydrogen-bond donors (Lipinski definition) is 1. The molecule has 1 heterocycles. The Morgan fingerprint density at radius 2 is 2.00 bits per heavy atom. The Hall–Kier alpha value is -1.53. The van der Waals surface area contributed by atoms with Crippen molar-refractivity contribution in [1.82, 2.24) is 4.90 Å². The first-order chi connectivity index (χ1) is 11.3. The van der Waals surface area contributed by atoms with Crippen molar-refractivity contribution in [3.8, 4) is 0 Å². The van der Waals surface area contributed by atoms with Gasteiger partial charge in [0.2, 0.25) is 5.91 Å². The van der Waals surface area contributed by atoms with Gasteiger partial charge in [0.05, 0.1) is 11.8 Å². The number of likely N-dealkylation sites (tertiary alicyclic amines) is 1. The van der Waals surface area contributed by atoms with E-state index in [0.717, 1.165) is 21.8 Å². The van der Waals surface area contributed by atoms with Crippen LogP contribution in [0.1, 0.15) is 38.2 Å². The number of β-lactam (4-membered cyclic amide) rings is 1. The van der Waals surface area contributed by atoms with E-state index in [0.29, 0.717) is 6.42 Å². The van der Waals surface area contributed by atoms with Crippen LogP contribution in [0.3, 0.4) is 0 Å². The van der Waals surface area contributed by atoms with Crippen molar-refractivity contribution >= 4 is 41.0 Å². The van der Waals surface area contributed by atoms with E-state index in [-0.39, 0.29) is 12.8 Å². The highest BCUT2D eigenvalue weighted by molar-refractivity contribution is 8.00. The van der Waals surface area contributed by atoms with Crippen LogP contribution in [-0.2, 0) is 14.4 Å². The SMILES string of the molecule is CCCCC(=O)C(Cl)(C(=O)O)N1C(=O)CC1Sc1ccc(C)cc1. The van der Waals surface area contributed by atoms with Crippen molar-refractivity contribution in [2.75, 3.05) is 0 Å². The summed E-state index contributed by atoms with van der Waals surface area (Å²) in [6.07, 6.45) is 1.49. The first-order valence-electron chi connectivity index (χ1n) is 7.81. The number of nitrogens with zero attached hydrogens (tertiary/aromatic N) is 1. The number of unbranched alkanes of at least 4 members (excludes halogenated alkanes) is 1. The van der Waals surface area contributed by atoms with E-state index in [1.54, 1.807) is 0 Å². The number of aliphatic carboxylic acids is 1. The van der Waals surface area contributed by atoms with Crippen LogP contribution in [0.4, 0.5) is 0 Å². The molecule has 0 aromatic heterocycles. The van der Waals surface area contributed by atoms with E-state index in [2.05, 4.69) is 0 Å². The number of ketones is 1. The Morgan fingerprint density at radius 3 is 2.50 bits per heavy atom. The van der Waals surface area contributed by atoms with Gasteiger partial charge in [-0.25, -0.2) is 4.79 Å². The van der Waals surface area contributed by atoms with E-state index in [1.165, 1.54) is 11.8 Å². The lowest BCUT2D eigenvalue weighted by Gasteiger charge is -2.46. The first kappa shape index (κ1) is 18.8. The zero-order valence-electron chi connectivity index (χ0n) is 13.6. The predicted octanol–water partition coefficient (Wildman–Crippen LogP) is 3.42. The number of aryl methyl sites for hydroxylation is 1. The molecule has 5 nitrogen and oxygen atoms in total. The van der Waals surface area contributed by atoms with Crippen molar-refractivity contribution < 1.29 is 19.5 Å². The maximum Gasteiger partial charge on any atom is 0.353 e. The number of carbonyl (C=O) groups is 3. The molecule has 130 valence electrons. The summed E-state index contributed by atoms with van der Waals surface area (Å²) in [5, 5.41) is 9.06. The van der Waals surface area contributed by atoms with Gasteiger partial charge in [-0.15, -0.1) is 11.8 Å². The van der Waals surface area contributed by atoms with Gasteiger partial charge in [-0.2, -0.15) is 0 Å². The van der Waals surface area contributed by atoms with Gasteiger partial charge in [0.15, 0.2) is 5.78 Å². The average Bonchev–Trinajstić information content (AvgIpc) is 2.53. The number of alkyl halides is 1. The third kappa shape index (κ3) is 3.59. The minimum Gasteiger partial charge on any atom is -0.478 e. The van der Waals surface area contributed by atoms with Gasteiger partial charge in [-0.05, 0) is 25.5 Å². The highest BCUT2D eigenvalue weighted by atomic mass is 35.5. The highest BCUT2D eigenvalue weighted by Crippen LogP contribution is 2.42. The van der Waals surface area contributed by atoms with Gasteiger partial charge in [0, 0.05) is 11.3 Å². The summed E-state index contributed by atoms with van der Waals surface area (Å²) < 4.78 is 0. The van der Waals surface area contributed by atoms with E-state index in [9.17, 15) is 19.5 Å². The Labute approximate surface area is 150 Å². The van der Waals surface area contributed by atoms with Gasteiger partial charge >= 0.3 is 5.97 Å². The molecule has 7 heteroatoms. The molecule has 1 aromatic carbocycles. The van der Waals surface area contributed by atoms with Gasteiger partial charge in [0.25, 0.3) is 5.00 Å². The summed E-state index contributed by atoms with van der Waals surface area (Å²) in [5.41, 5.74) is 1.10. The van der Waals surface area contributed by atoms with Crippen LogP contribution >= 0.6 is 23.4 Å². The molecule has 0 spiro atoms. The molecule has 1 aliphatic heterocycles. The maximum absolute atomic E-state index is 12.4. The third-order valence-electron chi connectivity index (χ3n) is 3.94. The van der Waals surface area contributed by atoms with Crippen molar-refractivity contribution in [1.29, 1.82) is 0 Å². The molecule has 0 radical (unpaired) electrons. The molecule has 0 saturated carbocycles. The smallest absolute Gasteiger partial charge is 0.353 e. The summed E-state index contributed by atoms with van der Waals surface area (Å²) in [7, 11) is 0. The fraction of sp³-hybridized carbons (Fsp3) is 0.471. The van der Waals surface area contributed by atoms with Gasteiger partial charge < -0.3 is 5.11 Å². The molecule has 1 aromatic rings. The average molecular weight is 370 g/mol. The van der Waals surface area contributed by atoms with Crippen molar-refractivity contribution in [2.45, 2.75) is 54.8 Å². The second-order valence-electron chi connectivity index (χ2n) is 5.81. The predicted molar refractivity (Wildman–Crippen MR) is 93.0 cm³/mol. The lowest BCUT2D eigenvalue weighted by molar-refractivity contribution is -0.165. The number of carbonyl (C=O) groups excluding carboxylic acids is 2. The van der Waals surface area contributed by atoms with E-state index < -0.39 is 28.0 Å². The lowest BCUT2D eigenvalue weighted by atomic mass is 10.0. The van der Waals surface area contributed by atoms with Crippen molar-refractivity contribution in [2.24, 2.45) is 0 Å². The zero-order valence-corrected chi connectivity index (χ0v) is 15.2. The van der Waals surface area contributed by atoms with Crippen LogP contribution < -0.4 is 0 Å². The molecule has 2 unspecified atom stereocenters. The fourth-order valence-corrected chi connectivity index (χ4v) is 4.06. The molecule has 1 saturated heterocycles. The molecule has 1 aliphatic rings. The summed E-state index contributed by atoms with van der Waals surface area (Å²) in [5.74, 6) is -2.55. The molecule has 1 fully saturated rings. The fourth-order valence-electron chi connectivity index (χ4n) is 2.49. The molecule has 0 aliphatic carbocycles. The summed E-state index contributed by atoms with van der Waals surface area (Å²) in [6, 6.07) is 7.67. The summed E-state index contributed by atoms with van der Waals surface area (Å²) >= 11 is 7.53. The Balaban J connectivity index is 2.21. The molecule has 2 atom stereocenters. The largest absolute Gasteiger partial charge is 0.478 e. The number of thioether (sulfide) groups is 1. The number of rotatable bonds is 8. The topological polar surface area (TPSA) is 74.7 Å². The van der Waals surface area contributed by atoms with E-state index in [4.69, 9.17) is 11.6 Å². The van der Waals surface area contributed by atoms with Gasteiger partial charge in [-0.3, -0.25) is 14.5 Å². The van der Waals surface area contributed by atoms with Crippen LogP contribution in [0.25, 0.3) is 0 Å². The highest BCUT2D eigenvalue weighted by Gasteiger charge is 2.58. The Bertz CT molecular complexity index is 648. The van der Waals surface area contributed by atoms with E-state index in [1.807, 2.05) is 38.1 Å². The first-order valence-corrected chi connectivity index (χ1v) is 9.07. The molecule has 24 heavy (non-hydrogen) atoms. The molecule has 1 amide bonds. The van der Waals surface area contributed by atoms with Crippen LogP contribution in [-0.4, -0.2) is 38.0 Å². The normalized spacial score (nSPS) is 19.5. The number of Topliss-reactive ketones (excluding diaryl/α,β-unsaturated/α-hetero) is 1. The molecular weight excluding hydrogens is 350 g/mol.